The molecule has 0 spiro atoms. The summed E-state index contributed by atoms with van der Waals surface area (Å²) < 4.78 is 45.5. The van der Waals surface area contributed by atoms with Crippen LogP contribution >= 0.6 is 0 Å². The van der Waals surface area contributed by atoms with Gasteiger partial charge < -0.3 is 34.9 Å². The summed E-state index contributed by atoms with van der Waals surface area (Å²) in [4.78, 5) is 45.2. The van der Waals surface area contributed by atoms with Crippen molar-refractivity contribution in [2.75, 3.05) is 72.5 Å². The molecule has 40 heavy (non-hydrogen) atoms. The van der Waals surface area contributed by atoms with E-state index in [9.17, 15) is 22.8 Å². The van der Waals surface area contributed by atoms with Crippen LogP contribution in [0.25, 0.3) is 0 Å². The number of ether oxygens (including phenoxy) is 4. The molecule has 1 aromatic heterocycles. The summed E-state index contributed by atoms with van der Waals surface area (Å²) in [5, 5.41) is 2.47. The maximum atomic E-state index is 12.8. The Morgan fingerprint density at radius 2 is 1.55 bits per heavy atom. The van der Waals surface area contributed by atoms with E-state index in [4.69, 9.17) is 24.7 Å². The van der Waals surface area contributed by atoms with E-state index in [2.05, 4.69) is 15.3 Å². The summed E-state index contributed by atoms with van der Waals surface area (Å²) in [6.45, 7) is 8.56. The minimum Gasteiger partial charge on any atom is -0.379 e. The fraction of sp³-hybridized carbons (Fsp3) is 0.720. The highest BCUT2D eigenvalue weighted by atomic mass is 32.2. The maximum absolute atomic E-state index is 12.8. The zero-order valence-electron chi connectivity index (χ0n) is 23.5. The second kappa shape index (κ2) is 16.5. The largest absolute Gasteiger partial charge is 0.379 e. The van der Waals surface area contributed by atoms with Gasteiger partial charge in [-0.25, -0.2) is 18.4 Å². The summed E-state index contributed by atoms with van der Waals surface area (Å²) in [6, 6.07) is 0. The van der Waals surface area contributed by atoms with Crippen LogP contribution in [0.3, 0.4) is 0 Å². The van der Waals surface area contributed by atoms with Crippen molar-refractivity contribution in [1.82, 2.24) is 20.2 Å². The molecule has 1 aromatic rings. The highest BCUT2D eigenvalue weighted by molar-refractivity contribution is 7.92. The third-order valence-electron chi connectivity index (χ3n) is 5.81. The van der Waals surface area contributed by atoms with Crippen molar-refractivity contribution in [2.45, 2.75) is 49.9 Å². The van der Waals surface area contributed by atoms with Gasteiger partial charge in [-0.2, -0.15) is 0 Å². The smallest absolute Gasteiger partial charge is 0.257 e. The van der Waals surface area contributed by atoms with E-state index in [0.29, 0.717) is 71.5 Å². The lowest BCUT2D eigenvalue weighted by Crippen LogP contribution is -2.41. The van der Waals surface area contributed by atoms with Crippen LogP contribution in [0.1, 0.15) is 49.7 Å². The third-order valence-corrected chi connectivity index (χ3v) is 8.10. The molecule has 2 heterocycles. The van der Waals surface area contributed by atoms with E-state index in [1.54, 1.807) is 20.8 Å². The average molecular weight is 588 g/mol. The van der Waals surface area contributed by atoms with Crippen LogP contribution in [0.2, 0.25) is 0 Å². The summed E-state index contributed by atoms with van der Waals surface area (Å²) in [5.74, 6) is -0.934. The van der Waals surface area contributed by atoms with Crippen molar-refractivity contribution >= 4 is 27.6 Å². The molecule has 0 radical (unpaired) electrons. The zero-order valence-corrected chi connectivity index (χ0v) is 24.3. The minimum atomic E-state index is -3.73. The van der Waals surface area contributed by atoms with Crippen molar-refractivity contribution in [2.24, 2.45) is 5.73 Å². The zero-order chi connectivity index (χ0) is 29.6. The number of aromatic nitrogens is 2. The molecule has 0 bridgehead atoms. The molecule has 0 aliphatic carbocycles. The van der Waals surface area contributed by atoms with Crippen LogP contribution in [0, 0.1) is 0 Å². The lowest BCUT2D eigenvalue weighted by molar-refractivity contribution is -0.121. The molecule has 15 heteroatoms. The Morgan fingerprint density at radius 1 is 0.975 bits per heavy atom. The fourth-order valence-corrected chi connectivity index (χ4v) is 4.39. The van der Waals surface area contributed by atoms with E-state index in [0.717, 1.165) is 0 Å². The van der Waals surface area contributed by atoms with Gasteiger partial charge in [-0.05, 0) is 20.8 Å². The monoisotopic (exact) mass is 587 g/mol. The molecule has 1 aliphatic heterocycles. The number of carbonyl (C=O) groups is 3. The molecule has 0 fully saturated rings. The van der Waals surface area contributed by atoms with Crippen molar-refractivity contribution in [3.8, 4) is 0 Å². The number of hydrogen-bond donors (Lipinski definition) is 2. The number of nitrogens with two attached hydrogens (primary N) is 1. The summed E-state index contributed by atoms with van der Waals surface area (Å²) in [6.07, 6.45) is 1.95. The molecule has 14 nitrogen and oxygen atoms in total. The topological polar surface area (TPSA) is 189 Å². The van der Waals surface area contributed by atoms with Gasteiger partial charge in [0.25, 0.3) is 5.91 Å². The van der Waals surface area contributed by atoms with E-state index < -0.39 is 20.5 Å². The number of hydrogen-bond acceptors (Lipinski definition) is 11. The van der Waals surface area contributed by atoms with Gasteiger partial charge in [-0.15, -0.1) is 0 Å². The minimum absolute atomic E-state index is 0.123. The molecule has 226 valence electrons. The molecule has 0 unspecified atom stereocenters. The number of rotatable bonds is 19. The van der Waals surface area contributed by atoms with E-state index in [1.165, 1.54) is 11.1 Å². The number of nitrogens with one attached hydrogen (secondary N) is 1. The molecule has 0 saturated heterocycles. The average Bonchev–Trinajstić information content (AvgIpc) is 2.89. The Bertz CT molecular complexity index is 1090. The van der Waals surface area contributed by atoms with E-state index in [-0.39, 0.29) is 48.5 Å². The Labute approximate surface area is 235 Å². The second-order valence-electron chi connectivity index (χ2n) is 9.94. The van der Waals surface area contributed by atoms with Crippen LogP contribution < -0.4 is 11.1 Å². The van der Waals surface area contributed by atoms with Crippen molar-refractivity contribution in [3.63, 3.8) is 0 Å². The van der Waals surface area contributed by atoms with Gasteiger partial charge in [0.05, 0.1) is 68.9 Å². The van der Waals surface area contributed by atoms with E-state index in [1.807, 2.05) is 0 Å². The first-order valence-corrected chi connectivity index (χ1v) is 14.7. The lowest BCUT2D eigenvalue weighted by Gasteiger charge is -2.28. The van der Waals surface area contributed by atoms with Crippen LogP contribution in [0.15, 0.2) is 11.4 Å². The van der Waals surface area contributed by atoms with Crippen molar-refractivity contribution in [1.29, 1.82) is 0 Å². The van der Waals surface area contributed by atoms with Gasteiger partial charge in [0.2, 0.25) is 26.8 Å². The Kier molecular flexibility index (Phi) is 13.8. The molecular weight excluding hydrogens is 546 g/mol. The van der Waals surface area contributed by atoms with Gasteiger partial charge in [0.1, 0.15) is 0 Å². The van der Waals surface area contributed by atoms with Crippen molar-refractivity contribution in [3.05, 3.63) is 17.5 Å². The van der Waals surface area contributed by atoms with E-state index >= 15 is 0 Å². The molecule has 0 atom stereocenters. The lowest BCUT2D eigenvalue weighted by atomic mass is 10.1. The highest BCUT2D eigenvalue weighted by Gasteiger charge is 2.35. The predicted molar refractivity (Wildman–Crippen MR) is 143 cm³/mol. The Balaban J connectivity index is 1.53. The van der Waals surface area contributed by atoms with Crippen LogP contribution in [0.4, 0.5) is 0 Å². The molecule has 2 rings (SSSR count). The number of amides is 3. The fourth-order valence-electron chi connectivity index (χ4n) is 3.42. The SMILES string of the molecule is CC(C)(C)S(=O)(=O)c1ncc2c(n1)CCN(CCC(=O)NCCOCCOCCOCCOCCC(N)=O)C2=O. The predicted octanol–water partition coefficient (Wildman–Crippen LogP) is -0.505. The molecule has 3 N–H and O–H groups in total. The second-order valence-corrected chi connectivity index (χ2v) is 12.5. The highest BCUT2D eigenvalue weighted by Crippen LogP contribution is 2.24. The van der Waals surface area contributed by atoms with Gasteiger partial charge in [0, 0.05) is 45.1 Å². The summed E-state index contributed by atoms with van der Waals surface area (Å²) in [5.41, 5.74) is 5.66. The molecular formula is C25H41N5O9S. The quantitative estimate of drug-likeness (QED) is 0.157. The summed E-state index contributed by atoms with van der Waals surface area (Å²) in [7, 11) is -3.73. The van der Waals surface area contributed by atoms with Crippen LogP contribution in [0.5, 0.6) is 0 Å². The standard InChI is InChI=1S/C25H41N5O9S/c1-25(2,3)40(34,35)24-28-18-19-20(29-24)4-8-30(23(19)33)9-5-22(32)27-7-11-37-13-15-39-17-16-38-14-12-36-10-6-21(26)31/h18H,4-17H2,1-3H3,(H2,26,31)(H,27,32). The molecule has 1 aliphatic rings. The number of primary amides is 1. The van der Waals surface area contributed by atoms with Crippen molar-refractivity contribution < 1.29 is 41.7 Å². The van der Waals surface area contributed by atoms with Crippen LogP contribution in [-0.2, 0) is 44.8 Å². The first-order chi connectivity index (χ1) is 18.9. The molecule has 0 saturated carbocycles. The third kappa shape index (κ3) is 11.0. The first kappa shape index (κ1) is 33.5. The Morgan fingerprint density at radius 3 is 2.12 bits per heavy atom. The first-order valence-electron chi connectivity index (χ1n) is 13.2. The maximum Gasteiger partial charge on any atom is 0.257 e. The normalized spacial score (nSPS) is 13.8. The Hall–Kier alpha value is -2.72. The van der Waals surface area contributed by atoms with Gasteiger partial charge in [0.15, 0.2) is 0 Å². The number of fused-ring (bicyclic) bond motifs is 1. The number of nitrogens with zero attached hydrogens (tertiary/aromatic N) is 3. The summed E-state index contributed by atoms with van der Waals surface area (Å²) >= 11 is 0. The molecule has 0 aromatic carbocycles. The number of sulfone groups is 1. The van der Waals surface area contributed by atoms with Gasteiger partial charge in [-0.3, -0.25) is 14.4 Å². The number of carbonyl (C=O) groups excluding carboxylic acids is 3. The van der Waals surface area contributed by atoms with Crippen LogP contribution in [-0.4, -0.2) is 118 Å². The van der Waals surface area contributed by atoms with Gasteiger partial charge >= 0.3 is 0 Å². The molecule has 3 amide bonds. The van der Waals surface area contributed by atoms with Gasteiger partial charge in [-0.1, -0.05) is 0 Å².